The largest absolute Gasteiger partial charge is 0.315 e. The molecule has 1 aliphatic rings. The lowest BCUT2D eigenvalue weighted by atomic mass is 10.2. The SMILES string of the molecule is NC1CCCCCN1S(=O)(=O)c1cc(Cl)c(Br)s1. The summed E-state index contributed by atoms with van der Waals surface area (Å²) < 4.78 is 27.3. The predicted molar refractivity (Wildman–Crippen MR) is 77.4 cm³/mol. The summed E-state index contributed by atoms with van der Waals surface area (Å²) >= 11 is 10.3. The van der Waals surface area contributed by atoms with Crippen molar-refractivity contribution in [3.05, 3.63) is 14.9 Å². The Labute approximate surface area is 124 Å². The van der Waals surface area contributed by atoms with Crippen LogP contribution in [0.25, 0.3) is 0 Å². The molecule has 0 spiro atoms. The fourth-order valence-electron chi connectivity index (χ4n) is 1.98. The Kier molecular flexibility index (Phi) is 4.72. The van der Waals surface area contributed by atoms with Gasteiger partial charge in [0.25, 0.3) is 10.0 Å². The zero-order valence-corrected chi connectivity index (χ0v) is 13.6. The Hall–Kier alpha value is 0.340. The van der Waals surface area contributed by atoms with Gasteiger partial charge in [0.15, 0.2) is 0 Å². The maximum absolute atomic E-state index is 12.5. The summed E-state index contributed by atoms with van der Waals surface area (Å²) in [7, 11) is -3.52. The Morgan fingerprint density at radius 3 is 2.78 bits per heavy atom. The fourth-order valence-corrected chi connectivity index (χ4v) is 6.09. The molecule has 1 saturated heterocycles. The molecule has 1 unspecified atom stereocenters. The summed E-state index contributed by atoms with van der Waals surface area (Å²) in [6.45, 7) is 0.483. The minimum absolute atomic E-state index is 0.247. The molecule has 1 atom stereocenters. The molecule has 0 bridgehead atoms. The Morgan fingerprint density at radius 2 is 2.17 bits per heavy atom. The van der Waals surface area contributed by atoms with Gasteiger partial charge in [-0.05, 0) is 34.8 Å². The van der Waals surface area contributed by atoms with Crippen LogP contribution in [0.4, 0.5) is 0 Å². The van der Waals surface area contributed by atoms with E-state index in [1.807, 2.05) is 0 Å². The molecule has 102 valence electrons. The van der Waals surface area contributed by atoms with Gasteiger partial charge in [0.05, 0.1) is 15.0 Å². The molecule has 0 aliphatic carbocycles. The number of nitrogens with two attached hydrogens (primary N) is 1. The Morgan fingerprint density at radius 1 is 1.44 bits per heavy atom. The first-order valence-corrected chi connectivity index (χ1v) is 9.08. The molecule has 0 aromatic carbocycles. The molecular formula is C10H14BrClN2O2S2. The summed E-state index contributed by atoms with van der Waals surface area (Å²) in [6, 6.07) is 1.48. The van der Waals surface area contributed by atoms with Gasteiger partial charge in [0.1, 0.15) is 4.21 Å². The fraction of sp³-hybridized carbons (Fsp3) is 0.600. The zero-order chi connectivity index (χ0) is 13.3. The van der Waals surface area contributed by atoms with Crippen LogP contribution in [0, 0.1) is 0 Å². The molecule has 2 heterocycles. The number of nitrogens with zero attached hydrogens (tertiary/aromatic N) is 1. The number of hydrogen-bond donors (Lipinski definition) is 1. The van der Waals surface area contributed by atoms with E-state index in [-0.39, 0.29) is 4.21 Å². The van der Waals surface area contributed by atoms with Crippen molar-refractivity contribution in [1.82, 2.24) is 4.31 Å². The van der Waals surface area contributed by atoms with Gasteiger partial charge in [0, 0.05) is 6.54 Å². The monoisotopic (exact) mass is 372 g/mol. The summed E-state index contributed by atoms with van der Waals surface area (Å²) in [5.41, 5.74) is 5.95. The summed E-state index contributed by atoms with van der Waals surface area (Å²) in [4.78, 5) is 0. The molecule has 1 aromatic heterocycles. The second kappa shape index (κ2) is 5.76. The molecule has 0 radical (unpaired) electrons. The summed E-state index contributed by atoms with van der Waals surface area (Å²) in [5.74, 6) is 0. The molecule has 8 heteroatoms. The van der Waals surface area contributed by atoms with Crippen LogP contribution < -0.4 is 5.73 Å². The van der Waals surface area contributed by atoms with E-state index in [9.17, 15) is 8.42 Å². The average Bonchev–Trinajstić information content (AvgIpc) is 2.51. The first-order valence-electron chi connectivity index (χ1n) is 5.65. The highest BCUT2D eigenvalue weighted by Gasteiger charge is 2.32. The molecule has 2 rings (SSSR count). The van der Waals surface area contributed by atoms with Crippen molar-refractivity contribution < 1.29 is 8.42 Å². The third-order valence-electron chi connectivity index (χ3n) is 2.93. The van der Waals surface area contributed by atoms with Crippen LogP contribution in [0.15, 0.2) is 14.1 Å². The minimum atomic E-state index is -3.52. The van der Waals surface area contributed by atoms with Crippen LogP contribution in [-0.2, 0) is 10.0 Å². The first-order chi connectivity index (χ1) is 8.43. The van der Waals surface area contributed by atoms with Gasteiger partial charge in [-0.3, -0.25) is 0 Å². The van der Waals surface area contributed by atoms with E-state index in [0.717, 1.165) is 30.6 Å². The van der Waals surface area contributed by atoms with Gasteiger partial charge < -0.3 is 5.73 Å². The van der Waals surface area contributed by atoms with Crippen LogP contribution in [0.5, 0.6) is 0 Å². The Bertz CT molecular complexity index is 512. The van der Waals surface area contributed by atoms with Gasteiger partial charge in [-0.15, -0.1) is 11.3 Å². The lowest BCUT2D eigenvalue weighted by Gasteiger charge is -2.25. The minimum Gasteiger partial charge on any atom is -0.315 e. The van der Waals surface area contributed by atoms with E-state index in [4.69, 9.17) is 17.3 Å². The topological polar surface area (TPSA) is 63.4 Å². The highest BCUT2D eigenvalue weighted by molar-refractivity contribution is 9.11. The van der Waals surface area contributed by atoms with Crippen LogP contribution in [-0.4, -0.2) is 25.4 Å². The summed E-state index contributed by atoms with van der Waals surface area (Å²) in [6.07, 6.45) is 3.13. The second-order valence-electron chi connectivity index (χ2n) is 4.22. The van der Waals surface area contributed by atoms with Crippen molar-refractivity contribution in [3.8, 4) is 0 Å². The highest BCUT2D eigenvalue weighted by atomic mass is 79.9. The van der Waals surface area contributed by atoms with Crippen LogP contribution in [0.1, 0.15) is 25.7 Å². The van der Waals surface area contributed by atoms with Gasteiger partial charge in [-0.2, -0.15) is 4.31 Å². The van der Waals surface area contributed by atoms with Gasteiger partial charge >= 0.3 is 0 Å². The van der Waals surface area contributed by atoms with E-state index in [1.165, 1.54) is 10.4 Å². The molecule has 4 nitrogen and oxygen atoms in total. The maximum atomic E-state index is 12.5. The van der Waals surface area contributed by atoms with Gasteiger partial charge in [-0.25, -0.2) is 8.42 Å². The number of rotatable bonds is 2. The van der Waals surface area contributed by atoms with E-state index >= 15 is 0 Å². The molecular weight excluding hydrogens is 360 g/mol. The first kappa shape index (κ1) is 14.7. The average molecular weight is 374 g/mol. The van der Waals surface area contributed by atoms with Crippen LogP contribution in [0.2, 0.25) is 5.02 Å². The molecule has 1 aromatic rings. The standard InChI is InChI=1S/C10H14BrClN2O2S2/c11-10-7(12)6-9(17-10)18(15,16)14-5-3-1-2-4-8(14)13/h6,8H,1-5,13H2. The van der Waals surface area contributed by atoms with Crippen molar-refractivity contribution in [2.24, 2.45) is 5.73 Å². The van der Waals surface area contributed by atoms with Gasteiger partial charge in [-0.1, -0.05) is 24.4 Å². The maximum Gasteiger partial charge on any atom is 0.254 e. The van der Waals surface area contributed by atoms with Crippen molar-refractivity contribution in [3.63, 3.8) is 0 Å². The number of halogens is 2. The molecule has 0 amide bonds. The van der Waals surface area contributed by atoms with Crippen LogP contribution in [0.3, 0.4) is 0 Å². The molecule has 2 N–H and O–H groups in total. The molecule has 0 saturated carbocycles. The van der Waals surface area contributed by atoms with E-state index < -0.39 is 16.2 Å². The van der Waals surface area contributed by atoms with Gasteiger partial charge in [0.2, 0.25) is 0 Å². The predicted octanol–water partition coefficient (Wildman–Crippen LogP) is 3.01. The number of thiophene rings is 1. The third kappa shape index (κ3) is 2.91. The lowest BCUT2D eigenvalue weighted by Crippen LogP contribution is -2.44. The molecule has 1 fully saturated rings. The normalized spacial score (nSPS) is 22.9. The second-order valence-corrected chi connectivity index (χ2v) is 9.11. The van der Waals surface area contributed by atoms with E-state index in [2.05, 4.69) is 15.9 Å². The number of sulfonamides is 1. The smallest absolute Gasteiger partial charge is 0.254 e. The van der Waals surface area contributed by atoms with E-state index in [1.54, 1.807) is 0 Å². The quantitative estimate of drug-likeness (QED) is 0.866. The van der Waals surface area contributed by atoms with Crippen molar-refractivity contribution in [2.45, 2.75) is 36.1 Å². The molecule has 1 aliphatic heterocycles. The molecule has 18 heavy (non-hydrogen) atoms. The van der Waals surface area contributed by atoms with Crippen molar-refractivity contribution in [1.29, 1.82) is 0 Å². The Balaban J connectivity index is 2.34. The van der Waals surface area contributed by atoms with Crippen molar-refractivity contribution >= 4 is 48.9 Å². The van der Waals surface area contributed by atoms with E-state index in [0.29, 0.717) is 21.8 Å². The number of hydrogen-bond acceptors (Lipinski definition) is 4. The lowest BCUT2D eigenvalue weighted by molar-refractivity contribution is 0.330. The van der Waals surface area contributed by atoms with Crippen molar-refractivity contribution in [2.75, 3.05) is 6.54 Å². The third-order valence-corrected chi connectivity index (χ3v) is 7.78. The van der Waals surface area contributed by atoms with Crippen LogP contribution >= 0.6 is 38.9 Å². The zero-order valence-electron chi connectivity index (χ0n) is 9.60. The summed E-state index contributed by atoms with van der Waals surface area (Å²) in [5, 5.41) is 0.418. The highest BCUT2D eigenvalue weighted by Crippen LogP contribution is 2.36.